The Kier molecular flexibility index (Phi) is 5.74. The summed E-state index contributed by atoms with van der Waals surface area (Å²) in [4.78, 5) is 14.9. The predicted octanol–water partition coefficient (Wildman–Crippen LogP) is 14.6. The molecule has 9 aromatic carbocycles. The van der Waals surface area contributed by atoms with Crippen molar-refractivity contribution < 1.29 is 19.5 Å². The molecular formula is C57H35N5O. The monoisotopic (exact) mass is 816 g/mol. The van der Waals surface area contributed by atoms with Gasteiger partial charge >= 0.3 is 0 Å². The number of hydrogen-bond donors (Lipinski definition) is 0. The topological polar surface area (TPSA) is 61.7 Å². The molecule has 294 valence electrons. The van der Waals surface area contributed by atoms with E-state index in [4.69, 9.17) is 29.0 Å². The third kappa shape index (κ3) is 5.55. The highest BCUT2D eigenvalue weighted by Crippen LogP contribution is 2.44. The number of rotatable bonds is 6. The summed E-state index contributed by atoms with van der Waals surface area (Å²) in [7, 11) is 0. The maximum atomic E-state index is 9.60. The molecule has 6 nitrogen and oxygen atoms in total. The lowest BCUT2D eigenvalue weighted by Gasteiger charge is -2.17. The molecule has 4 aromatic heterocycles. The number of fused-ring (bicyclic) bond motifs is 10. The molecule has 63 heavy (non-hydrogen) atoms. The van der Waals surface area contributed by atoms with Crippen molar-refractivity contribution in [3.05, 3.63) is 212 Å². The van der Waals surface area contributed by atoms with Gasteiger partial charge in [0.2, 0.25) is 5.95 Å². The second-order valence-corrected chi connectivity index (χ2v) is 15.1. The van der Waals surface area contributed by atoms with Crippen LogP contribution in [0.15, 0.2) is 216 Å². The van der Waals surface area contributed by atoms with Crippen LogP contribution in [0.2, 0.25) is 0 Å². The fourth-order valence-electron chi connectivity index (χ4n) is 8.85. The number of furan rings is 1. The van der Waals surface area contributed by atoms with E-state index in [2.05, 4.69) is 6.07 Å². The zero-order chi connectivity index (χ0) is 51.0. The van der Waals surface area contributed by atoms with Crippen LogP contribution in [0.1, 0.15) is 15.1 Å². The molecule has 0 aliphatic carbocycles. The van der Waals surface area contributed by atoms with E-state index in [0.717, 1.165) is 33.0 Å². The Morgan fingerprint density at radius 3 is 1.73 bits per heavy atom. The Labute approximate surface area is 377 Å². The van der Waals surface area contributed by atoms with Crippen molar-refractivity contribution in [1.82, 2.24) is 24.1 Å². The molecule has 13 aromatic rings. The minimum Gasteiger partial charge on any atom is -0.456 e. The molecule has 0 amide bonds. The van der Waals surface area contributed by atoms with Gasteiger partial charge in [-0.05, 0) is 59.1 Å². The van der Waals surface area contributed by atoms with Crippen molar-refractivity contribution in [2.45, 2.75) is 0 Å². The molecule has 0 spiro atoms. The first-order valence-electron chi connectivity index (χ1n) is 25.8. The first-order valence-corrected chi connectivity index (χ1v) is 20.3. The van der Waals surface area contributed by atoms with Crippen LogP contribution in [-0.2, 0) is 0 Å². The normalized spacial score (nSPS) is 14.3. The SMILES string of the molecule is [2H]c1cc([2H])c2c(c1[2H])c1ccc3c4c([2H])c([2H])cc([2H])c4n(-c4ccc(-c5ccccc5)cc4-c4ccccc4)c3c1n2-c1nc(-c2ccc3c(c2)oc2ccccc23)nc(-c2c([2H])c([2H])c([2H])c([2H])c2[2H])n1. The molecule has 0 saturated carbocycles. The van der Waals surface area contributed by atoms with Crippen molar-refractivity contribution in [2.75, 3.05) is 0 Å². The number of benzene rings is 9. The summed E-state index contributed by atoms with van der Waals surface area (Å²) in [6, 6.07) is 40.9. The Morgan fingerprint density at radius 1 is 0.381 bits per heavy atom. The predicted molar refractivity (Wildman–Crippen MR) is 258 cm³/mol. The highest BCUT2D eigenvalue weighted by molar-refractivity contribution is 6.24. The summed E-state index contributed by atoms with van der Waals surface area (Å²) in [5.74, 6) is -0.439. The zero-order valence-corrected chi connectivity index (χ0v) is 33.0. The van der Waals surface area contributed by atoms with Crippen LogP contribution in [0.25, 0.3) is 122 Å². The van der Waals surface area contributed by atoms with E-state index < -0.39 is 30.2 Å². The number of para-hydroxylation sites is 3. The van der Waals surface area contributed by atoms with E-state index in [1.807, 2.05) is 108 Å². The van der Waals surface area contributed by atoms with Crippen molar-refractivity contribution in [1.29, 1.82) is 0 Å². The maximum Gasteiger partial charge on any atom is 0.238 e. The summed E-state index contributed by atoms with van der Waals surface area (Å²) in [6.45, 7) is 0. The van der Waals surface area contributed by atoms with Gasteiger partial charge in [-0.1, -0.05) is 170 Å². The summed E-state index contributed by atoms with van der Waals surface area (Å²) in [5, 5.41) is 3.05. The lowest BCUT2D eigenvalue weighted by Crippen LogP contribution is -2.07. The maximum absolute atomic E-state index is 9.60. The lowest BCUT2D eigenvalue weighted by atomic mass is 9.97. The van der Waals surface area contributed by atoms with Gasteiger partial charge in [-0.15, -0.1) is 0 Å². The third-order valence-electron chi connectivity index (χ3n) is 11.6. The molecule has 0 aliphatic rings. The van der Waals surface area contributed by atoms with Gasteiger partial charge in [-0.25, -0.2) is 4.98 Å². The smallest absolute Gasteiger partial charge is 0.238 e. The average molecular weight is 817 g/mol. The van der Waals surface area contributed by atoms with Crippen LogP contribution in [0, 0.1) is 0 Å². The molecule has 4 heterocycles. The second-order valence-electron chi connectivity index (χ2n) is 15.1. The Balaban J connectivity index is 1.23. The van der Waals surface area contributed by atoms with E-state index in [1.165, 1.54) is 12.1 Å². The standard InChI is InChI=1S/C57H35N5O/c1-4-16-36(17-5-1)39-29-33-50(47(34-39)37-18-6-2-7-19-37)61-48-25-13-10-22-41(48)45-31-32-46-42-23-11-14-26-49(42)62(54(46)53(45)61)57-59-55(38-20-8-3-9-21-38)58-56(60-57)40-28-30-44-43-24-12-15-27-51(43)63-52(44)35-40/h1-35H/i3D,8D,9D,10D,11D,20D,21D,22D,23D,25D,26D. The van der Waals surface area contributed by atoms with Crippen LogP contribution in [0.5, 0.6) is 0 Å². The molecule has 0 saturated heterocycles. The number of nitrogens with zero attached hydrogens (tertiary/aromatic N) is 5. The van der Waals surface area contributed by atoms with E-state index in [1.54, 1.807) is 28.8 Å². The van der Waals surface area contributed by atoms with Crippen LogP contribution in [0.4, 0.5) is 0 Å². The molecule has 0 bridgehead atoms. The first-order chi connectivity index (χ1) is 35.8. The highest BCUT2D eigenvalue weighted by atomic mass is 16.3. The van der Waals surface area contributed by atoms with Crippen LogP contribution in [0.3, 0.4) is 0 Å². The van der Waals surface area contributed by atoms with Crippen molar-refractivity contribution in [3.63, 3.8) is 0 Å². The fraction of sp³-hybridized carbons (Fsp3) is 0. The number of aromatic nitrogens is 5. The largest absolute Gasteiger partial charge is 0.456 e. The van der Waals surface area contributed by atoms with E-state index in [9.17, 15) is 5.48 Å². The summed E-state index contributed by atoms with van der Waals surface area (Å²) in [6.07, 6.45) is 0. The molecule has 0 fully saturated rings. The van der Waals surface area contributed by atoms with Gasteiger partial charge in [0.25, 0.3) is 0 Å². The van der Waals surface area contributed by atoms with Gasteiger partial charge in [0.1, 0.15) is 11.2 Å². The Morgan fingerprint density at radius 2 is 0.984 bits per heavy atom. The first kappa shape index (κ1) is 25.9. The Bertz CT molecular complexity index is 4540. The van der Waals surface area contributed by atoms with E-state index in [0.29, 0.717) is 55.1 Å². The zero-order valence-electron chi connectivity index (χ0n) is 44.0. The highest BCUT2D eigenvalue weighted by Gasteiger charge is 2.25. The minimum absolute atomic E-state index is 0.0141. The molecule has 6 heteroatoms. The van der Waals surface area contributed by atoms with Gasteiger partial charge in [0, 0.05) is 49.0 Å². The third-order valence-corrected chi connectivity index (χ3v) is 11.6. The molecule has 0 aliphatic heterocycles. The fourth-order valence-corrected chi connectivity index (χ4v) is 8.85. The van der Waals surface area contributed by atoms with Crippen molar-refractivity contribution >= 4 is 65.6 Å². The van der Waals surface area contributed by atoms with E-state index in [-0.39, 0.29) is 70.3 Å². The Hall–Kier alpha value is -8.61. The van der Waals surface area contributed by atoms with Gasteiger partial charge < -0.3 is 8.98 Å². The summed E-state index contributed by atoms with van der Waals surface area (Å²) >= 11 is 0. The van der Waals surface area contributed by atoms with Gasteiger partial charge in [-0.3, -0.25) is 4.57 Å². The summed E-state index contributed by atoms with van der Waals surface area (Å²) < 4.78 is 110. The molecular weight excluding hydrogens is 771 g/mol. The van der Waals surface area contributed by atoms with Gasteiger partial charge in [0.15, 0.2) is 11.6 Å². The van der Waals surface area contributed by atoms with Crippen molar-refractivity contribution in [3.8, 4) is 56.7 Å². The molecule has 0 atom stereocenters. The molecule has 0 radical (unpaired) electrons. The summed E-state index contributed by atoms with van der Waals surface area (Å²) in [5.41, 5.74) is 6.45. The average Bonchev–Trinajstić information content (AvgIpc) is 4.09. The second kappa shape index (κ2) is 14.0. The van der Waals surface area contributed by atoms with Gasteiger partial charge in [-0.2, -0.15) is 9.97 Å². The minimum atomic E-state index is -0.607. The molecule has 13 rings (SSSR count). The van der Waals surface area contributed by atoms with Crippen LogP contribution < -0.4 is 0 Å². The molecule has 0 unspecified atom stereocenters. The van der Waals surface area contributed by atoms with Crippen LogP contribution in [-0.4, -0.2) is 24.1 Å². The lowest BCUT2D eigenvalue weighted by molar-refractivity contribution is 0.669. The van der Waals surface area contributed by atoms with E-state index >= 15 is 0 Å². The quantitative estimate of drug-likeness (QED) is 0.168. The van der Waals surface area contributed by atoms with Gasteiger partial charge in [0.05, 0.1) is 42.8 Å². The van der Waals surface area contributed by atoms with Crippen molar-refractivity contribution in [2.24, 2.45) is 0 Å². The van der Waals surface area contributed by atoms with Crippen LogP contribution >= 0.6 is 0 Å². The number of hydrogen-bond acceptors (Lipinski definition) is 4. The molecule has 0 N–H and O–H groups in total.